The Labute approximate surface area is 227 Å². The van der Waals surface area contributed by atoms with Crippen LogP contribution in [0.15, 0.2) is 83.2 Å². The van der Waals surface area contributed by atoms with E-state index in [1.165, 1.54) is 17.2 Å². The van der Waals surface area contributed by atoms with Crippen molar-refractivity contribution in [2.24, 2.45) is 5.11 Å². The normalized spacial score (nSPS) is 22.5. The Hall–Kier alpha value is -4.27. The second-order valence-electron chi connectivity index (χ2n) is 8.16. The molecule has 38 heavy (non-hydrogen) atoms. The van der Waals surface area contributed by atoms with Gasteiger partial charge in [0.25, 0.3) is 5.56 Å². The molecule has 1 saturated heterocycles. The number of alkyl halides is 1. The molecule has 14 heteroatoms. The van der Waals surface area contributed by atoms with Crippen LogP contribution in [0.3, 0.4) is 0 Å². The van der Waals surface area contributed by atoms with Crippen LogP contribution >= 0.6 is 22.6 Å². The summed E-state index contributed by atoms with van der Waals surface area (Å²) >= 11 is 1.93. The number of carbonyl (C=O) groups excluding carboxylic acids is 2. The van der Waals surface area contributed by atoms with Crippen LogP contribution in [0, 0.1) is 0 Å². The predicted octanol–water partition coefficient (Wildman–Crippen LogP) is 3.54. The molecule has 2 aromatic carbocycles. The Morgan fingerprint density at radius 2 is 1.71 bits per heavy atom. The second kappa shape index (κ2) is 10.6. The van der Waals surface area contributed by atoms with Gasteiger partial charge in [-0.1, -0.05) is 64.1 Å². The molecule has 13 nitrogen and oxygen atoms in total. The molecule has 4 aromatic rings. The van der Waals surface area contributed by atoms with Crippen molar-refractivity contribution >= 4 is 45.7 Å². The average molecular weight is 627 g/mol. The van der Waals surface area contributed by atoms with Crippen LogP contribution < -0.4 is 5.56 Å². The third kappa shape index (κ3) is 4.60. The van der Waals surface area contributed by atoms with Crippen molar-refractivity contribution in [3.05, 3.63) is 105 Å². The number of halogens is 1. The molecule has 4 atom stereocenters. The minimum absolute atomic E-state index is 0.0119. The summed E-state index contributed by atoms with van der Waals surface area (Å²) in [6, 6.07) is 16.4. The number of carbonyl (C=O) groups is 2. The van der Waals surface area contributed by atoms with E-state index < -0.39 is 41.7 Å². The molecule has 0 saturated carbocycles. The fourth-order valence-electron chi connectivity index (χ4n) is 4.11. The van der Waals surface area contributed by atoms with Crippen LogP contribution in [0.4, 0.5) is 0 Å². The summed E-state index contributed by atoms with van der Waals surface area (Å²) < 4.78 is 19.3. The van der Waals surface area contributed by atoms with Crippen LogP contribution in [0.1, 0.15) is 26.9 Å². The van der Waals surface area contributed by atoms with Crippen molar-refractivity contribution in [3.63, 3.8) is 0 Å². The van der Waals surface area contributed by atoms with Gasteiger partial charge in [0.1, 0.15) is 0 Å². The number of hydrogen-bond acceptors (Lipinski definition) is 9. The summed E-state index contributed by atoms with van der Waals surface area (Å²) in [7, 11) is 0. The number of hydrogen-bond donors (Lipinski definition) is 1. The van der Waals surface area contributed by atoms with Crippen molar-refractivity contribution in [2.75, 3.05) is 4.43 Å². The van der Waals surface area contributed by atoms with E-state index in [1.807, 2.05) is 22.6 Å². The Balaban J connectivity index is 1.63. The van der Waals surface area contributed by atoms with E-state index in [-0.39, 0.29) is 26.7 Å². The first-order valence-corrected chi connectivity index (χ1v) is 12.7. The fourth-order valence-corrected chi connectivity index (χ4v) is 4.87. The van der Waals surface area contributed by atoms with Gasteiger partial charge in [0.15, 0.2) is 35.3 Å². The minimum atomic E-state index is -1.77. The predicted molar refractivity (Wildman–Crippen MR) is 140 cm³/mol. The molecular weight excluding hydrogens is 609 g/mol. The third-order valence-corrected chi connectivity index (χ3v) is 6.98. The zero-order valence-electron chi connectivity index (χ0n) is 19.4. The topological polar surface area (TPSA) is 174 Å². The summed E-state index contributed by atoms with van der Waals surface area (Å²) in [4.78, 5) is 52.2. The van der Waals surface area contributed by atoms with E-state index in [2.05, 4.69) is 25.0 Å². The monoisotopic (exact) mass is 627 g/mol. The summed E-state index contributed by atoms with van der Waals surface area (Å²) in [6.45, 7) is 0. The largest absolute Gasteiger partial charge is 0.451 e. The number of H-pyrrole nitrogens is 1. The average Bonchev–Trinajstić information content (AvgIpc) is 3.50. The highest BCUT2D eigenvalue weighted by atomic mass is 127. The Morgan fingerprint density at radius 1 is 1.08 bits per heavy atom. The maximum Gasteiger partial charge on any atom is 0.338 e. The van der Waals surface area contributed by atoms with E-state index in [0.717, 1.165) is 0 Å². The fraction of sp³-hybridized carbons (Fsp3) is 0.208. The van der Waals surface area contributed by atoms with Gasteiger partial charge in [0.05, 0.1) is 23.8 Å². The third-order valence-electron chi connectivity index (χ3n) is 5.89. The van der Waals surface area contributed by atoms with Gasteiger partial charge in [-0.15, -0.1) is 0 Å². The lowest BCUT2D eigenvalue weighted by molar-refractivity contribution is -0.0860. The highest BCUT2D eigenvalue weighted by molar-refractivity contribution is 14.1. The SMILES string of the molecule is [N-]=[N+]=N[C@]1(CI)O[C@@H](n2cnc3c(=O)[nH]cnc32)[C@H](OC(=O)c2ccccc2)[C@@H]1OC(=O)c1ccccc1. The van der Waals surface area contributed by atoms with E-state index >= 15 is 0 Å². The smallest absolute Gasteiger partial charge is 0.338 e. The van der Waals surface area contributed by atoms with Gasteiger partial charge in [-0.05, 0) is 29.8 Å². The molecule has 0 aliphatic carbocycles. The summed E-state index contributed by atoms with van der Waals surface area (Å²) in [5.41, 5.74) is 7.75. The van der Waals surface area contributed by atoms with Crippen LogP contribution in [0.25, 0.3) is 21.6 Å². The molecule has 1 aliphatic rings. The molecule has 0 bridgehead atoms. The van der Waals surface area contributed by atoms with Gasteiger partial charge in [0.2, 0.25) is 0 Å². The molecule has 1 aliphatic heterocycles. The molecule has 0 spiro atoms. The number of benzene rings is 2. The van der Waals surface area contributed by atoms with Gasteiger partial charge < -0.3 is 19.2 Å². The molecular formula is C24H18IN7O6. The second-order valence-corrected chi connectivity index (χ2v) is 8.92. The van der Waals surface area contributed by atoms with Gasteiger partial charge in [-0.3, -0.25) is 9.36 Å². The number of imidazole rings is 1. The van der Waals surface area contributed by atoms with Crippen LogP contribution in [-0.2, 0) is 14.2 Å². The molecule has 192 valence electrons. The lowest BCUT2D eigenvalue weighted by atomic mass is 10.1. The number of ether oxygens (including phenoxy) is 3. The van der Waals surface area contributed by atoms with E-state index in [1.54, 1.807) is 60.7 Å². The quantitative estimate of drug-likeness (QED) is 0.0809. The molecule has 1 fully saturated rings. The number of esters is 2. The van der Waals surface area contributed by atoms with Crippen LogP contribution in [-0.4, -0.2) is 53.8 Å². The van der Waals surface area contributed by atoms with E-state index in [0.29, 0.717) is 0 Å². The zero-order valence-corrected chi connectivity index (χ0v) is 21.5. The maximum atomic E-state index is 13.2. The maximum absolute atomic E-state index is 13.2. The zero-order chi connectivity index (χ0) is 26.7. The molecule has 0 amide bonds. The molecule has 0 unspecified atom stereocenters. The van der Waals surface area contributed by atoms with Crippen LogP contribution in [0.2, 0.25) is 0 Å². The molecule has 0 radical (unpaired) electrons. The van der Waals surface area contributed by atoms with Gasteiger partial charge in [0, 0.05) is 9.34 Å². The van der Waals surface area contributed by atoms with Crippen molar-refractivity contribution < 1.29 is 23.8 Å². The highest BCUT2D eigenvalue weighted by Crippen LogP contribution is 2.44. The van der Waals surface area contributed by atoms with Gasteiger partial charge >= 0.3 is 11.9 Å². The standard InChI is InChI=1S/C24H18IN7O6/c25-11-24(30-31-26)18(37-23(35)15-9-5-2-6-10-15)17(36-22(34)14-7-3-1-4-8-14)21(38-24)32-13-29-16-19(32)27-12-28-20(16)33/h1-10,12-13,17-18,21H,11H2,(H,27,28,33)/t17-,18+,21-,24-/m1/s1. The Bertz CT molecular complexity index is 1590. The molecule has 3 heterocycles. The van der Waals surface area contributed by atoms with Crippen molar-refractivity contribution in [2.45, 2.75) is 24.2 Å². The number of nitrogens with zero attached hydrogens (tertiary/aromatic N) is 6. The first-order valence-electron chi connectivity index (χ1n) is 11.2. The first kappa shape index (κ1) is 25.4. The molecule has 1 N–H and O–H groups in total. The van der Waals surface area contributed by atoms with Crippen molar-refractivity contribution in [1.29, 1.82) is 0 Å². The lowest BCUT2D eigenvalue weighted by Crippen LogP contribution is -2.47. The van der Waals surface area contributed by atoms with Crippen molar-refractivity contribution in [3.8, 4) is 0 Å². The van der Waals surface area contributed by atoms with E-state index in [4.69, 9.17) is 14.2 Å². The molecule has 2 aromatic heterocycles. The lowest BCUT2D eigenvalue weighted by Gasteiger charge is -2.28. The number of azide groups is 1. The Morgan fingerprint density at radius 3 is 2.32 bits per heavy atom. The summed E-state index contributed by atoms with van der Waals surface area (Å²) in [5, 5.41) is 3.85. The highest BCUT2D eigenvalue weighted by Gasteiger charge is 2.60. The summed E-state index contributed by atoms with van der Waals surface area (Å²) in [5.74, 6) is -1.47. The van der Waals surface area contributed by atoms with Crippen LogP contribution in [0.5, 0.6) is 0 Å². The molecule has 5 rings (SSSR count). The summed E-state index contributed by atoms with van der Waals surface area (Å²) in [6.07, 6.45) is -1.45. The number of aromatic nitrogens is 4. The Kier molecular flexibility index (Phi) is 7.09. The number of fused-ring (bicyclic) bond motifs is 1. The number of nitrogens with one attached hydrogen (secondary N) is 1. The first-order chi connectivity index (χ1) is 18.5. The van der Waals surface area contributed by atoms with Gasteiger partial charge in [-0.2, -0.15) is 0 Å². The van der Waals surface area contributed by atoms with E-state index in [9.17, 15) is 19.9 Å². The number of aromatic amines is 1. The van der Waals surface area contributed by atoms with Crippen molar-refractivity contribution in [1.82, 2.24) is 19.5 Å². The van der Waals surface area contributed by atoms with Gasteiger partial charge in [-0.25, -0.2) is 19.6 Å². The number of rotatable bonds is 7. The minimum Gasteiger partial charge on any atom is -0.451 e.